The first-order chi connectivity index (χ1) is 7.80. The number of hydrogen-bond acceptors (Lipinski definition) is 2. The standard InChI is InChI=1S/C14H17FO2/c1-8-5-6-10(15)9-7-11(17-12(8)9)13(16)14(2,3)4/h5-7,13,16H,1-4H3. The fraction of sp³-hybridized carbons (Fsp3) is 0.429. The van der Waals surface area contributed by atoms with E-state index in [0.29, 0.717) is 16.7 Å². The number of rotatable bonds is 1. The lowest BCUT2D eigenvalue weighted by atomic mass is 9.88. The van der Waals surface area contributed by atoms with Crippen LogP contribution in [0.5, 0.6) is 0 Å². The largest absolute Gasteiger partial charge is 0.458 e. The lowest BCUT2D eigenvalue weighted by molar-refractivity contribution is 0.0448. The number of aryl methyl sites for hydroxylation is 1. The SMILES string of the molecule is Cc1ccc(F)c2cc(C(O)C(C)(C)C)oc12. The number of aliphatic hydroxyl groups excluding tert-OH is 1. The van der Waals surface area contributed by atoms with Crippen LogP contribution >= 0.6 is 0 Å². The Kier molecular flexibility index (Phi) is 2.74. The monoisotopic (exact) mass is 236 g/mol. The Labute approximate surface area is 100 Å². The third-order valence-corrected chi connectivity index (χ3v) is 2.94. The van der Waals surface area contributed by atoms with Crippen LogP contribution < -0.4 is 0 Å². The third kappa shape index (κ3) is 2.07. The molecule has 17 heavy (non-hydrogen) atoms. The second-order valence-corrected chi connectivity index (χ2v) is 5.52. The summed E-state index contributed by atoms with van der Waals surface area (Å²) in [6, 6.07) is 4.68. The van der Waals surface area contributed by atoms with Gasteiger partial charge in [0, 0.05) is 0 Å². The number of benzene rings is 1. The molecule has 0 aliphatic rings. The number of aliphatic hydroxyl groups is 1. The Balaban J connectivity index is 2.59. The summed E-state index contributed by atoms with van der Waals surface area (Å²) in [6.45, 7) is 7.59. The van der Waals surface area contributed by atoms with E-state index in [9.17, 15) is 9.50 Å². The van der Waals surface area contributed by atoms with Gasteiger partial charge in [0.25, 0.3) is 0 Å². The van der Waals surface area contributed by atoms with Gasteiger partial charge in [-0.2, -0.15) is 0 Å². The van der Waals surface area contributed by atoms with Gasteiger partial charge in [-0.3, -0.25) is 0 Å². The molecule has 0 aliphatic heterocycles. The van der Waals surface area contributed by atoms with E-state index in [2.05, 4.69) is 0 Å². The zero-order chi connectivity index (χ0) is 12.8. The second kappa shape index (κ2) is 3.84. The minimum Gasteiger partial charge on any atom is -0.458 e. The van der Waals surface area contributed by atoms with Gasteiger partial charge in [0.1, 0.15) is 23.3 Å². The van der Waals surface area contributed by atoms with E-state index >= 15 is 0 Å². The van der Waals surface area contributed by atoms with Crippen molar-refractivity contribution < 1.29 is 13.9 Å². The summed E-state index contributed by atoms with van der Waals surface area (Å²) in [4.78, 5) is 0. The van der Waals surface area contributed by atoms with Crippen LogP contribution in [-0.4, -0.2) is 5.11 Å². The van der Waals surface area contributed by atoms with Gasteiger partial charge in [0.05, 0.1) is 5.39 Å². The molecule has 2 aromatic rings. The first kappa shape index (κ1) is 12.1. The molecule has 2 nitrogen and oxygen atoms in total. The van der Waals surface area contributed by atoms with Crippen molar-refractivity contribution in [3.8, 4) is 0 Å². The predicted molar refractivity (Wildman–Crippen MR) is 65.3 cm³/mol. The Hall–Kier alpha value is -1.35. The van der Waals surface area contributed by atoms with Crippen molar-refractivity contribution >= 4 is 11.0 Å². The van der Waals surface area contributed by atoms with Crippen molar-refractivity contribution in [3.05, 3.63) is 35.3 Å². The fourth-order valence-electron chi connectivity index (χ4n) is 1.81. The quantitative estimate of drug-likeness (QED) is 0.813. The smallest absolute Gasteiger partial charge is 0.140 e. The Bertz CT molecular complexity index is 510. The lowest BCUT2D eigenvalue weighted by Crippen LogP contribution is -2.17. The maximum Gasteiger partial charge on any atom is 0.140 e. The average Bonchev–Trinajstić information content (AvgIpc) is 2.67. The first-order valence-electron chi connectivity index (χ1n) is 5.67. The molecular formula is C14H17FO2. The molecule has 0 radical (unpaired) electrons. The fourth-order valence-corrected chi connectivity index (χ4v) is 1.81. The van der Waals surface area contributed by atoms with E-state index < -0.39 is 6.10 Å². The molecule has 0 fully saturated rings. The van der Waals surface area contributed by atoms with Crippen LogP contribution in [0.4, 0.5) is 4.39 Å². The van der Waals surface area contributed by atoms with Crippen LogP contribution in [0.2, 0.25) is 0 Å². The average molecular weight is 236 g/mol. The molecule has 1 aromatic heterocycles. The molecule has 1 N–H and O–H groups in total. The molecule has 1 aromatic carbocycles. The van der Waals surface area contributed by atoms with E-state index in [1.807, 2.05) is 27.7 Å². The van der Waals surface area contributed by atoms with Crippen LogP contribution in [0.1, 0.15) is 38.2 Å². The van der Waals surface area contributed by atoms with E-state index in [1.54, 1.807) is 12.1 Å². The normalized spacial score (nSPS) is 14.2. The molecule has 0 spiro atoms. The minimum absolute atomic E-state index is 0.318. The molecule has 2 rings (SSSR count). The maximum absolute atomic E-state index is 13.6. The number of fused-ring (bicyclic) bond motifs is 1. The topological polar surface area (TPSA) is 33.4 Å². The lowest BCUT2D eigenvalue weighted by Gasteiger charge is -2.23. The Morgan fingerprint density at radius 1 is 1.29 bits per heavy atom. The zero-order valence-electron chi connectivity index (χ0n) is 10.5. The van der Waals surface area contributed by atoms with Crippen molar-refractivity contribution in [2.24, 2.45) is 5.41 Å². The molecule has 0 aliphatic carbocycles. The van der Waals surface area contributed by atoms with Gasteiger partial charge < -0.3 is 9.52 Å². The van der Waals surface area contributed by atoms with Gasteiger partial charge in [-0.15, -0.1) is 0 Å². The van der Waals surface area contributed by atoms with E-state index in [1.165, 1.54) is 6.07 Å². The first-order valence-corrected chi connectivity index (χ1v) is 5.67. The van der Waals surface area contributed by atoms with Crippen molar-refractivity contribution in [1.29, 1.82) is 0 Å². The second-order valence-electron chi connectivity index (χ2n) is 5.52. The summed E-state index contributed by atoms with van der Waals surface area (Å²) in [6.07, 6.45) is -0.742. The summed E-state index contributed by atoms with van der Waals surface area (Å²) >= 11 is 0. The van der Waals surface area contributed by atoms with Crippen LogP contribution in [0.3, 0.4) is 0 Å². The summed E-state index contributed by atoms with van der Waals surface area (Å²) in [7, 11) is 0. The molecule has 3 heteroatoms. The predicted octanol–water partition coefficient (Wildman–Crippen LogP) is 3.96. The van der Waals surface area contributed by atoms with Crippen LogP contribution in [-0.2, 0) is 0 Å². The summed E-state index contributed by atoms with van der Waals surface area (Å²) in [5.74, 6) is 0.0995. The molecule has 0 saturated carbocycles. The zero-order valence-corrected chi connectivity index (χ0v) is 10.5. The molecule has 0 saturated heterocycles. The molecular weight excluding hydrogens is 219 g/mol. The minimum atomic E-state index is -0.742. The van der Waals surface area contributed by atoms with Gasteiger partial charge in [0.15, 0.2) is 0 Å². The van der Waals surface area contributed by atoms with Crippen molar-refractivity contribution in [2.45, 2.75) is 33.8 Å². The summed E-state index contributed by atoms with van der Waals surface area (Å²) in [5, 5.41) is 10.6. The highest BCUT2D eigenvalue weighted by Crippen LogP contribution is 2.36. The highest BCUT2D eigenvalue weighted by Gasteiger charge is 2.27. The maximum atomic E-state index is 13.6. The number of hydrogen-bond donors (Lipinski definition) is 1. The van der Waals surface area contributed by atoms with E-state index in [0.717, 1.165) is 5.56 Å². The molecule has 1 heterocycles. The Morgan fingerprint density at radius 3 is 2.47 bits per heavy atom. The molecule has 1 atom stereocenters. The van der Waals surface area contributed by atoms with Crippen molar-refractivity contribution in [1.82, 2.24) is 0 Å². The molecule has 92 valence electrons. The van der Waals surface area contributed by atoms with Gasteiger partial charge in [-0.05, 0) is 30.0 Å². The third-order valence-electron chi connectivity index (χ3n) is 2.94. The van der Waals surface area contributed by atoms with Gasteiger partial charge in [-0.25, -0.2) is 4.39 Å². The molecule has 0 bridgehead atoms. The summed E-state index contributed by atoms with van der Waals surface area (Å²) < 4.78 is 19.2. The van der Waals surface area contributed by atoms with Crippen LogP contribution in [0.15, 0.2) is 22.6 Å². The van der Waals surface area contributed by atoms with Gasteiger partial charge in [0.2, 0.25) is 0 Å². The van der Waals surface area contributed by atoms with Gasteiger partial charge in [-0.1, -0.05) is 26.8 Å². The number of furan rings is 1. The van der Waals surface area contributed by atoms with Crippen molar-refractivity contribution in [3.63, 3.8) is 0 Å². The van der Waals surface area contributed by atoms with E-state index in [-0.39, 0.29) is 11.2 Å². The highest BCUT2D eigenvalue weighted by molar-refractivity contribution is 5.81. The number of halogens is 1. The van der Waals surface area contributed by atoms with Gasteiger partial charge >= 0.3 is 0 Å². The van der Waals surface area contributed by atoms with E-state index in [4.69, 9.17) is 4.42 Å². The Morgan fingerprint density at radius 2 is 1.94 bits per heavy atom. The molecule has 0 amide bonds. The van der Waals surface area contributed by atoms with Crippen LogP contribution in [0.25, 0.3) is 11.0 Å². The highest BCUT2D eigenvalue weighted by atomic mass is 19.1. The molecule has 1 unspecified atom stereocenters. The van der Waals surface area contributed by atoms with Crippen LogP contribution in [0, 0.1) is 18.2 Å². The summed E-state index contributed by atoms with van der Waals surface area (Å²) in [5.41, 5.74) is 1.05. The van der Waals surface area contributed by atoms with Crippen molar-refractivity contribution in [2.75, 3.05) is 0 Å².